The van der Waals surface area contributed by atoms with Gasteiger partial charge in [-0.3, -0.25) is 4.79 Å². The molecule has 0 saturated heterocycles. The molecule has 2 aromatic rings. The molecule has 104 valence electrons. The average Bonchev–Trinajstić information content (AvgIpc) is 2.82. The first-order chi connectivity index (χ1) is 9.32. The number of nitrogens with zero attached hydrogens (tertiary/aromatic N) is 2. The number of anilines is 1. The highest BCUT2D eigenvalue weighted by atomic mass is 79.9. The summed E-state index contributed by atoms with van der Waals surface area (Å²) in [5.41, 5.74) is 5.33. The second-order valence-corrected chi connectivity index (χ2v) is 5.00. The lowest BCUT2D eigenvalue weighted by molar-refractivity contribution is 0.0690. The van der Waals surface area contributed by atoms with Crippen LogP contribution in [-0.4, -0.2) is 27.0 Å². The van der Waals surface area contributed by atoms with Gasteiger partial charge in [-0.25, -0.2) is 9.78 Å². The SMILES string of the molecule is Cc1c(C(=O)c2cc(Br)no2)nc(C(=O)O)c(Cl)c1N. The topological polar surface area (TPSA) is 119 Å². The number of carboxylic acid groups (broad SMARTS) is 1. The van der Waals surface area contributed by atoms with Gasteiger partial charge in [0.15, 0.2) is 5.69 Å². The maximum atomic E-state index is 12.2. The third-order valence-corrected chi connectivity index (χ3v) is 3.31. The van der Waals surface area contributed by atoms with Gasteiger partial charge in [0.25, 0.3) is 0 Å². The van der Waals surface area contributed by atoms with Crippen LogP contribution in [0.5, 0.6) is 0 Å². The van der Waals surface area contributed by atoms with Crippen molar-refractivity contribution in [1.82, 2.24) is 10.1 Å². The summed E-state index contributed by atoms with van der Waals surface area (Å²) in [7, 11) is 0. The molecule has 2 aromatic heterocycles. The second kappa shape index (κ2) is 5.22. The molecular formula is C11H7BrClN3O4. The molecule has 0 spiro atoms. The smallest absolute Gasteiger partial charge is 0.356 e. The summed E-state index contributed by atoms with van der Waals surface area (Å²) in [6.45, 7) is 1.51. The van der Waals surface area contributed by atoms with E-state index in [2.05, 4.69) is 26.1 Å². The zero-order chi connectivity index (χ0) is 15.0. The van der Waals surface area contributed by atoms with Crippen LogP contribution in [0.15, 0.2) is 15.2 Å². The fourth-order valence-electron chi connectivity index (χ4n) is 1.50. The number of aromatic carboxylic acids is 1. The Bertz CT molecular complexity index is 729. The minimum absolute atomic E-state index is 0.0130. The Balaban J connectivity index is 2.62. The highest BCUT2D eigenvalue weighted by Crippen LogP contribution is 2.29. The van der Waals surface area contributed by atoms with Crippen molar-refractivity contribution in [3.8, 4) is 0 Å². The van der Waals surface area contributed by atoms with Crippen LogP contribution in [0.25, 0.3) is 0 Å². The van der Waals surface area contributed by atoms with Crippen LogP contribution in [0.4, 0.5) is 5.69 Å². The lowest BCUT2D eigenvalue weighted by Gasteiger charge is -2.09. The summed E-state index contributed by atoms with van der Waals surface area (Å²) in [6.07, 6.45) is 0. The quantitative estimate of drug-likeness (QED) is 0.806. The van der Waals surface area contributed by atoms with E-state index in [1.165, 1.54) is 13.0 Å². The van der Waals surface area contributed by atoms with Crippen LogP contribution in [0.1, 0.15) is 32.3 Å². The van der Waals surface area contributed by atoms with Gasteiger partial charge < -0.3 is 15.4 Å². The lowest BCUT2D eigenvalue weighted by Crippen LogP contribution is -2.14. The van der Waals surface area contributed by atoms with Gasteiger partial charge in [0.1, 0.15) is 10.3 Å². The van der Waals surface area contributed by atoms with Gasteiger partial charge in [0.2, 0.25) is 11.5 Å². The Morgan fingerprint density at radius 1 is 1.45 bits per heavy atom. The van der Waals surface area contributed by atoms with Crippen molar-refractivity contribution in [1.29, 1.82) is 0 Å². The number of hydrogen-bond acceptors (Lipinski definition) is 6. The third kappa shape index (κ3) is 2.39. The zero-order valence-electron chi connectivity index (χ0n) is 9.98. The largest absolute Gasteiger partial charge is 0.476 e. The van der Waals surface area contributed by atoms with Crippen molar-refractivity contribution in [3.63, 3.8) is 0 Å². The van der Waals surface area contributed by atoms with Gasteiger partial charge >= 0.3 is 5.97 Å². The van der Waals surface area contributed by atoms with E-state index in [-0.39, 0.29) is 27.7 Å². The molecule has 7 nitrogen and oxygen atoms in total. The number of carbonyl (C=O) groups excluding carboxylic acids is 1. The van der Waals surface area contributed by atoms with Crippen molar-refractivity contribution in [2.75, 3.05) is 5.73 Å². The standard InChI is InChI=1S/C11H7BrClN3O4/c1-3-7(14)6(13)9(11(18)19)15-8(3)10(17)4-2-5(12)16-20-4/h2H,1H3,(H2,14,15)(H,18,19). The van der Waals surface area contributed by atoms with Crippen molar-refractivity contribution in [2.45, 2.75) is 6.92 Å². The Kier molecular flexibility index (Phi) is 3.78. The van der Waals surface area contributed by atoms with E-state index in [0.717, 1.165) is 0 Å². The maximum Gasteiger partial charge on any atom is 0.356 e. The highest BCUT2D eigenvalue weighted by Gasteiger charge is 2.25. The van der Waals surface area contributed by atoms with Gasteiger partial charge in [-0.05, 0) is 22.9 Å². The van der Waals surface area contributed by atoms with Crippen LogP contribution in [0.3, 0.4) is 0 Å². The van der Waals surface area contributed by atoms with Crippen LogP contribution in [-0.2, 0) is 0 Å². The Labute approximate surface area is 125 Å². The van der Waals surface area contributed by atoms with Crippen LogP contribution >= 0.6 is 27.5 Å². The summed E-state index contributed by atoms with van der Waals surface area (Å²) in [4.78, 5) is 27.0. The molecule has 3 N–H and O–H groups in total. The van der Waals surface area contributed by atoms with Crippen LogP contribution < -0.4 is 5.73 Å². The van der Waals surface area contributed by atoms with Gasteiger partial charge in [0, 0.05) is 11.6 Å². The van der Waals surface area contributed by atoms with E-state index in [4.69, 9.17) is 27.0 Å². The molecule has 20 heavy (non-hydrogen) atoms. The van der Waals surface area contributed by atoms with Crippen molar-refractivity contribution < 1.29 is 19.2 Å². The molecule has 0 saturated carbocycles. The molecule has 0 radical (unpaired) electrons. The summed E-state index contributed by atoms with van der Waals surface area (Å²) >= 11 is 8.84. The van der Waals surface area contributed by atoms with Crippen LogP contribution in [0.2, 0.25) is 5.02 Å². The van der Waals surface area contributed by atoms with Crippen molar-refractivity contribution >= 4 is 45.0 Å². The number of nitrogens with two attached hydrogens (primary N) is 1. The molecular weight excluding hydrogens is 353 g/mol. The molecule has 0 aromatic carbocycles. The normalized spacial score (nSPS) is 10.6. The number of carboxylic acids is 1. The number of ketones is 1. The molecule has 0 aliphatic carbocycles. The Morgan fingerprint density at radius 2 is 2.10 bits per heavy atom. The Morgan fingerprint density at radius 3 is 2.60 bits per heavy atom. The first-order valence-electron chi connectivity index (χ1n) is 5.18. The molecule has 2 heterocycles. The lowest BCUT2D eigenvalue weighted by atomic mass is 10.1. The highest BCUT2D eigenvalue weighted by molar-refractivity contribution is 9.10. The maximum absolute atomic E-state index is 12.2. The molecule has 0 aliphatic rings. The molecule has 0 aliphatic heterocycles. The van der Waals surface area contributed by atoms with Gasteiger partial charge in [0.05, 0.1) is 10.7 Å². The molecule has 0 atom stereocenters. The van der Waals surface area contributed by atoms with E-state index < -0.39 is 17.4 Å². The molecule has 2 rings (SSSR count). The summed E-state index contributed by atoms with van der Waals surface area (Å²) in [6, 6.07) is 1.34. The first-order valence-corrected chi connectivity index (χ1v) is 6.35. The number of rotatable bonds is 3. The van der Waals surface area contributed by atoms with E-state index >= 15 is 0 Å². The minimum Gasteiger partial charge on any atom is -0.476 e. The van der Waals surface area contributed by atoms with Crippen LogP contribution in [0, 0.1) is 6.92 Å². The number of halogens is 2. The van der Waals surface area contributed by atoms with E-state index in [9.17, 15) is 9.59 Å². The second-order valence-electron chi connectivity index (χ2n) is 3.81. The fraction of sp³-hybridized carbons (Fsp3) is 0.0909. The number of nitrogen functional groups attached to an aromatic ring is 1. The van der Waals surface area contributed by atoms with E-state index in [1.54, 1.807) is 0 Å². The number of pyridine rings is 1. The van der Waals surface area contributed by atoms with Crippen molar-refractivity contribution in [3.05, 3.63) is 38.4 Å². The minimum atomic E-state index is -1.38. The molecule has 0 unspecified atom stereocenters. The first kappa shape index (κ1) is 14.5. The number of hydrogen-bond donors (Lipinski definition) is 2. The summed E-state index contributed by atoms with van der Waals surface area (Å²) in [5.74, 6) is -2.10. The average molecular weight is 361 g/mol. The summed E-state index contributed by atoms with van der Waals surface area (Å²) in [5, 5.41) is 12.3. The monoisotopic (exact) mass is 359 g/mol. The predicted molar refractivity (Wildman–Crippen MR) is 73.0 cm³/mol. The van der Waals surface area contributed by atoms with Gasteiger partial charge in [-0.2, -0.15) is 0 Å². The Hall–Kier alpha value is -1.93. The number of aromatic nitrogens is 2. The third-order valence-electron chi connectivity index (χ3n) is 2.55. The fourth-order valence-corrected chi connectivity index (χ4v) is 2.05. The molecule has 9 heteroatoms. The van der Waals surface area contributed by atoms with Gasteiger partial charge in [-0.1, -0.05) is 16.8 Å². The molecule has 0 fully saturated rings. The zero-order valence-corrected chi connectivity index (χ0v) is 12.3. The molecule has 0 amide bonds. The van der Waals surface area contributed by atoms with E-state index in [1.807, 2.05) is 0 Å². The predicted octanol–water partition coefficient (Wildman–Crippen LogP) is 2.31. The summed E-state index contributed by atoms with van der Waals surface area (Å²) < 4.78 is 5.13. The van der Waals surface area contributed by atoms with Gasteiger partial charge in [-0.15, -0.1) is 0 Å². The number of carbonyl (C=O) groups is 2. The van der Waals surface area contributed by atoms with E-state index in [0.29, 0.717) is 4.60 Å². The van der Waals surface area contributed by atoms with Crippen molar-refractivity contribution in [2.24, 2.45) is 0 Å². The molecule has 0 bridgehead atoms.